The molecule has 18 heavy (non-hydrogen) atoms. The van der Waals surface area contributed by atoms with Crippen molar-refractivity contribution >= 4 is 5.78 Å². The molecule has 2 aromatic carbocycles. The average Bonchev–Trinajstić information content (AvgIpc) is 2.34. The van der Waals surface area contributed by atoms with Crippen LogP contribution in [0, 0.1) is 18.6 Å². The van der Waals surface area contributed by atoms with E-state index in [-0.39, 0.29) is 17.8 Å². The summed E-state index contributed by atoms with van der Waals surface area (Å²) in [4.78, 5) is 11.9. The molecule has 2 rings (SSSR count). The normalized spacial score (nSPS) is 10.4. The fourth-order valence-corrected chi connectivity index (χ4v) is 1.77. The van der Waals surface area contributed by atoms with Gasteiger partial charge in [-0.2, -0.15) is 0 Å². The van der Waals surface area contributed by atoms with E-state index in [1.807, 2.05) is 13.0 Å². The third-order valence-electron chi connectivity index (χ3n) is 2.70. The van der Waals surface area contributed by atoms with Crippen LogP contribution in [0.2, 0.25) is 0 Å². The molecule has 0 fully saturated rings. The summed E-state index contributed by atoms with van der Waals surface area (Å²) in [6.07, 6.45) is -0.132. The van der Waals surface area contributed by atoms with Crippen molar-refractivity contribution < 1.29 is 13.6 Å². The highest BCUT2D eigenvalue weighted by Crippen LogP contribution is 2.14. The summed E-state index contributed by atoms with van der Waals surface area (Å²) in [6.45, 7) is 1.87. The second kappa shape index (κ2) is 5.08. The van der Waals surface area contributed by atoms with Crippen LogP contribution in [0.25, 0.3) is 0 Å². The standard InChI is InChI=1S/C15H12F2O/c1-10-3-2-4-11(7-10)15(18)9-12-8-13(16)5-6-14(12)17/h2-8H,9H2,1H3. The van der Waals surface area contributed by atoms with E-state index in [1.54, 1.807) is 18.2 Å². The summed E-state index contributed by atoms with van der Waals surface area (Å²) in [5, 5.41) is 0. The molecule has 0 N–H and O–H groups in total. The molecule has 0 saturated heterocycles. The summed E-state index contributed by atoms with van der Waals surface area (Å²) in [6, 6.07) is 10.2. The van der Waals surface area contributed by atoms with Gasteiger partial charge in [-0.05, 0) is 36.8 Å². The number of halogens is 2. The molecule has 0 atom stereocenters. The SMILES string of the molecule is Cc1cccc(C(=O)Cc2cc(F)ccc2F)c1. The van der Waals surface area contributed by atoms with E-state index in [4.69, 9.17) is 0 Å². The minimum Gasteiger partial charge on any atom is -0.294 e. The van der Waals surface area contributed by atoms with Gasteiger partial charge in [0.15, 0.2) is 5.78 Å². The first-order chi connectivity index (χ1) is 8.56. The van der Waals surface area contributed by atoms with Crippen molar-refractivity contribution in [3.63, 3.8) is 0 Å². The van der Waals surface area contributed by atoms with Gasteiger partial charge < -0.3 is 0 Å². The molecule has 2 aromatic rings. The first kappa shape index (κ1) is 12.4. The smallest absolute Gasteiger partial charge is 0.167 e. The van der Waals surface area contributed by atoms with Crippen molar-refractivity contribution in [2.45, 2.75) is 13.3 Å². The molecular formula is C15H12F2O. The van der Waals surface area contributed by atoms with Crippen molar-refractivity contribution in [3.8, 4) is 0 Å². The third kappa shape index (κ3) is 2.80. The predicted octanol–water partition coefficient (Wildman–Crippen LogP) is 3.70. The van der Waals surface area contributed by atoms with Crippen LogP contribution in [-0.4, -0.2) is 5.78 Å². The summed E-state index contributed by atoms with van der Waals surface area (Å²) in [5.74, 6) is -1.32. The van der Waals surface area contributed by atoms with Gasteiger partial charge in [0.25, 0.3) is 0 Å². The molecule has 0 unspecified atom stereocenters. The number of hydrogen-bond acceptors (Lipinski definition) is 1. The number of aryl methyl sites for hydroxylation is 1. The maximum absolute atomic E-state index is 13.4. The van der Waals surface area contributed by atoms with Crippen LogP contribution in [0.3, 0.4) is 0 Å². The highest BCUT2D eigenvalue weighted by Gasteiger charge is 2.11. The van der Waals surface area contributed by atoms with Crippen molar-refractivity contribution in [2.24, 2.45) is 0 Å². The molecular weight excluding hydrogens is 234 g/mol. The molecule has 3 heteroatoms. The van der Waals surface area contributed by atoms with E-state index in [9.17, 15) is 13.6 Å². The van der Waals surface area contributed by atoms with Crippen LogP contribution in [0.5, 0.6) is 0 Å². The number of Topliss-reactive ketones (excluding diaryl/α,β-unsaturated/α-hetero) is 1. The number of ketones is 1. The molecule has 0 bridgehead atoms. The molecule has 0 aliphatic carbocycles. The first-order valence-electron chi connectivity index (χ1n) is 5.60. The lowest BCUT2D eigenvalue weighted by atomic mass is 10.0. The van der Waals surface area contributed by atoms with Gasteiger partial charge in [0, 0.05) is 12.0 Å². The van der Waals surface area contributed by atoms with E-state index in [1.165, 1.54) is 0 Å². The number of benzene rings is 2. The van der Waals surface area contributed by atoms with Gasteiger partial charge in [0.05, 0.1) is 0 Å². The Labute approximate surface area is 104 Å². The van der Waals surface area contributed by atoms with Crippen LogP contribution in [0.1, 0.15) is 21.5 Å². The zero-order chi connectivity index (χ0) is 13.1. The van der Waals surface area contributed by atoms with E-state index < -0.39 is 11.6 Å². The number of carbonyl (C=O) groups is 1. The molecule has 0 aliphatic heterocycles. The molecule has 0 saturated carbocycles. The molecule has 1 nitrogen and oxygen atoms in total. The van der Waals surface area contributed by atoms with Gasteiger partial charge in [-0.3, -0.25) is 4.79 Å². The van der Waals surface area contributed by atoms with E-state index in [0.29, 0.717) is 5.56 Å². The van der Waals surface area contributed by atoms with Crippen molar-refractivity contribution in [1.82, 2.24) is 0 Å². The number of carbonyl (C=O) groups excluding carboxylic acids is 1. The largest absolute Gasteiger partial charge is 0.294 e. The highest BCUT2D eigenvalue weighted by atomic mass is 19.1. The van der Waals surface area contributed by atoms with E-state index in [0.717, 1.165) is 23.8 Å². The molecule has 0 radical (unpaired) electrons. The topological polar surface area (TPSA) is 17.1 Å². The zero-order valence-corrected chi connectivity index (χ0v) is 9.91. The molecule has 0 amide bonds. The molecule has 0 aliphatic rings. The Kier molecular flexibility index (Phi) is 3.51. The van der Waals surface area contributed by atoms with Crippen LogP contribution < -0.4 is 0 Å². The third-order valence-corrected chi connectivity index (χ3v) is 2.70. The van der Waals surface area contributed by atoms with E-state index >= 15 is 0 Å². The van der Waals surface area contributed by atoms with Gasteiger partial charge in [0.2, 0.25) is 0 Å². The summed E-state index contributed by atoms with van der Waals surface area (Å²) in [7, 11) is 0. The second-order valence-electron chi connectivity index (χ2n) is 4.21. The van der Waals surface area contributed by atoms with Crippen LogP contribution in [0.15, 0.2) is 42.5 Å². The Balaban J connectivity index is 2.24. The number of rotatable bonds is 3. The Bertz CT molecular complexity index is 591. The minimum absolute atomic E-state index is 0.0847. The molecule has 92 valence electrons. The quantitative estimate of drug-likeness (QED) is 0.755. The zero-order valence-electron chi connectivity index (χ0n) is 9.91. The first-order valence-corrected chi connectivity index (χ1v) is 5.60. The number of hydrogen-bond donors (Lipinski definition) is 0. The Morgan fingerprint density at radius 3 is 2.61 bits per heavy atom. The predicted molar refractivity (Wildman–Crippen MR) is 65.6 cm³/mol. The van der Waals surface area contributed by atoms with E-state index in [2.05, 4.69) is 0 Å². The fraction of sp³-hybridized carbons (Fsp3) is 0.133. The molecule has 0 aromatic heterocycles. The second-order valence-corrected chi connectivity index (χ2v) is 4.21. The lowest BCUT2D eigenvalue weighted by molar-refractivity contribution is 0.0991. The summed E-state index contributed by atoms with van der Waals surface area (Å²) >= 11 is 0. The fourth-order valence-electron chi connectivity index (χ4n) is 1.77. The lowest BCUT2D eigenvalue weighted by Gasteiger charge is -2.04. The van der Waals surface area contributed by atoms with Crippen molar-refractivity contribution in [1.29, 1.82) is 0 Å². The van der Waals surface area contributed by atoms with Crippen molar-refractivity contribution in [2.75, 3.05) is 0 Å². The van der Waals surface area contributed by atoms with Crippen LogP contribution >= 0.6 is 0 Å². The maximum atomic E-state index is 13.4. The summed E-state index contributed by atoms with van der Waals surface area (Å²) < 4.78 is 26.4. The summed E-state index contributed by atoms with van der Waals surface area (Å²) in [5.41, 5.74) is 1.56. The lowest BCUT2D eigenvalue weighted by Crippen LogP contribution is -2.05. The van der Waals surface area contributed by atoms with Crippen LogP contribution in [0.4, 0.5) is 8.78 Å². The highest BCUT2D eigenvalue weighted by molar-refractivity contribution is 5.97. The average molecular weight is 246 g/mol. The Morgan fingerprint density at radius 1 is 1.11 bits per heavy atom. The van der Waals surface area contributed by atoms with Gasteiger partial charge in [0.1, 0.15) is 11.6 Å². The Hall–Kier alpha value is -2.03. The van der Waals surface area contributed by atoms with Crippen molar-refractivity contribution in [3.05, 3.63) is 70.8 Å². The maximum Gasteiger partial charge on any atom is 0.167 e. The molecule has 0 spiro atoms. The minimum atomic E-state index is -0.558. The van der Waals surface area contributed by atoms with Crippen LogP contribution in [-0.2, 0) is 6.42 Å². The van der Waals surface area contributed by atoms with Gasteiger partial charge in [-0.25, -0.2) is 8.78 Å². The van der Waals surface area contributed by atoms with Gasteiger partial charge >= 0.3 is 0 Å². The molecule has 0 heterocycles. The Morgan fingerprint density at radius 2 is 1.89 bits per heavy atom. The van der Waals surface area contributed by atoms with Gasteiger partial charge in [-0.15, -0.1) is 0 Å². The monoisotopic (exact) mass is 246 g/mol. The van der Waals surface area contributed by atoms with Gasteiger partial charge in [-0.1, -0.05) is 23.8 Å².